The average molecular weight is 124 g/mol. The van der Waals surface area contributed by atoms with Gasteiger partial charge in [0.15, 0.2) is 6.19 Å². The second-order valence-corrected chi connectivity index (χ2v) is 1.97. The Morgan fingerprint density at radius 2 is 2.78 bits per heavy atom. The predicted octanol–water partition coefficient (Wildman–Crippen LogP) is -0.595. The molecule has 0 unspecified atom stereocenters. The fraction of sp³-hybridized carbons (Fsp3) is 0.600. The summed E-state index contributed by atoms with van der Waals surface area (Å²) in [5, 5.41) is 13.5. The third-order valence-corrected chi connectivity index (χ3v) is 1.08. The van der Waals surface area contributed by atoms with Gasteiger partial charge < -0.3 is 5.32 Å². The fourth-order valence-corrected chi connectivity index (χ4v) is 0.681. The van der Waals surface area contributed by atoms with E-state index in [1.165, 1.54) is 0 Å². The molecule has 1 rings (SSSR count). The van der Waals surface area contributed by atoms with Crippen LogP contribution in [0.2, 0.25) is 0 Å². The van der Waals surface area contributed by atoms with E-state index in [9.17, 15) is 0 Å². The normalized spacial score (nSPS) is 24.0. The van der Waals surface area contributed by atoms with Gasteiger partial charge in [-0.05, 0) is 6.92 Å². The van der Waals surface area contributed by atoms with Crippen LogP contribution >= 0.6 is 0 Å². The van der Waals surface area contributed by atoms with Gasteiger partial charge in [0.2, 0.25) is 5.96 Å². The van der Waals surface area contributed by atoms with E-state index in [2.05, 4.69) is 15.6 Å². The molecule has 0 amide bonds. The van der Waals surface area contributed by atoms with Crippen LogP contribution in [0.5, 0.6) is 0 Å². The van der Waals surface area contributed by atoms with Crippen molar-refractivity contribution in [3.05, 3.63) is 0 Å². The van der Waals surface area contributed by atoms with Crippen LogP contribution in [0.3, 0.4) is 0 Å². The zero-order valence-electron chi connectivity index (χ0n) is 5.18. The number of nitrogens with zero attached hydrogens (tertiary/aromatic N) is 2. The van der Waals surface area contributed by atoms with Crippen molar-refractivity contribution in [3.8, 4) is 6.19 Å². The highest BCUT2D eigenvalue weighted by atomic mass is 15.2. The topological polar surface area (TPSA) is 60.2 Å². The molecule has 1 aliphatic heterocycles. The summed E-state index contributed by atoms with van der Waals surface area (Å²) in [7, 11) is 0. The van der Waals surface area contributed by atoms with Crippen LogP contribution in [0.1, 0.15) is 6.92 Å². The van der Waals surface area contributed by atoms with E-state index in [1.807, 2.05) is 6.92 Å². The predicted molar refractivity (Wildman–Crippen MR) is 33.6 cm³/mol. The van der Waals surface area contributed by atoms with Crippen LogP contribution in [0.15, 0.2) is 4.99 Å². The maximum Gasteiger partial charge on any atom is 0.205 e. The molecule has 0 aromatic carbocycles. The summed E-state index contributed by atoms with van der Waals surface area (Å²) < 4.78 is 0. The van der Waals surface area contributed by atoms with E-state index in [-0.39, 0.29) is 0 Å². The molecule has 0 spiro atoms. The van der Waals surface area contributed by atoms with Crippen LogP contribution in [0, 0.1) is 11.5 Å². The van der Waals surface area contributed by atoms with Gasteiger partial charge in [-0.1, -0.05) is 0 Å². The number of rotatable bonds is 0. The van der Waals surface area contributed by atoms with Crippen LogP contribution < -0.4 is 10.6 Å². The number of aliphatic imine (C=N–C) groups is 1. The van der Waals surface area contributed by atoms with Gasteiger partial charge in [-0.25, -0.2) is 0 Å². The molecular formula is C5H8N4. The molecule has 0 aromatic heterocycles. The zero-order chi connectivity index (χ0) is 6.69. The van der Waals surface area contributed by atoms with Crippen LogP contribution in [0.4, 0.5) is 0 Å². The van der Waals surface area contributed by atoms with Gasteiger partial charge in [0, 0.05) is 6.04 Å². The molecule has 0 aromatic rings. The second kappa shape index (κ2) is 2.35. The van der Waals surface area contributed by atoms with Gasteiger partial charge in [-0.2, -0.15) is 5.26 Å². The molecular weight excluding hydrogens is 116 g/mol. The van der Waals surface area contributed by atoms with Gasteiger partial charge >= 0.3 is 0 Å². The Kier molecular flexibility index (Phi) is 1.54. The number of hydrogen-bond donors (Lipinski definition) is 2. The fourth-order valence-electron chi connectivity index (χ4n) is 0.681. The SMILES string of the molecule is C[C@@H]1CN=C(NC#N)N1. The molecule has 0 radical (unpaired) electrons. The Hall–Kier alpha value is -1.24. The van der Waals surface area contributed by atoms with Crippen molar-refractivity contribution in [2.24, 2.45) is 4.99 Å². The molecule has 0 aliphatic carbocycles. The molecule has 2 N–H and O–H groups in total. The van der Waals surface area contributed by atoms with E-state index in [0.29, 0.717) is 12.0 Å². The Morgan fingerprint density at radius 1 is 2.00 bits per heavy atom. The van der Waals surface area contributed by atoms with Gasteiger partial charge in [-0.15, -0.1) is 0 Å². The Bertz CT molecular complexity index is 166. The molecule has 1 aliphatic rings. The highest BCUT2D eigenvalue weighted by Crippen LogP contribution is 1.90. The molecule has 1 atom stereocenters. The Balaban J connectivity index is 2.38. The standard InChI is InChI=1S/C5H8N4/c1-4-2-7-5(9-4)8-3-6/h4H,2H2,1H3,(H2,7,8,9)/t4-/m1/s1. The Labute approximate surface area is 53.6 Å². The van der Waals surface area contributed by atoms with E-state index in [4.69, 9.17) is 5.26 Å². The molecule has 0 saturated heterocycles. The largest absolute Gasteiger partial charge is 0.351 e. The summed E-state index contributed by atoms with van der Waals surface area (Å²) in [5.74, 6) is 0.588. The maximum absolute atomic E-state index is 8.13. The first kappa shape index (κ1) is 5.89. The second-order valence-electron chi connectivity index (χ2n) is 1.97. The molecule has 4 nitrogen and oxygen atoms in total. The summed E-state index contributed by atoms with van der Waals surface area (Å²) in [6.45, 7) is 2.76. The lowest BCUT2D eigenvalue weighted by Crippen LogP contribution is -2.34. The highest BCUT2D eigenvalue weighted by molar-refractivity contribution is 5.82. The third-order valence-electron chi connectivity index (χ3n) is 1.08. The third kappa shape index (κ3) is 1.32. The summed E-state index contributed by atoms with van der Waals surface area (Å²) in [6.07, 6.45) is 1.79. The summed E-state index contributed by atoms with van der Waals surface area (Å²) >= 11 is 0. The minimum Gasteiger partial charge on any atom is -0.351 e. The lowest BCUT2D eigenvalue weighted by molar-refractivity contribution is 0.721. The summed E-state index contributed by atoms with van der Waals surface area (Å²) in [5.41, 5.74) is 0. The number of nitriles is 1. The van der Waals surface area contributed by atoms with Gasteiger partial charge in [0.25, 0.3) is 0 Å². The Morgan fingerprint density at radius 3 is 3.22 bits per heavy atom. The molecule has 48 valence electrons. The lowest BCUT2D eigenvalue weighted by Gasteiger charge is -2.01. The van der Waals surface area contributed by atoms with Crippen molar-refractivity contribution in [3.63, 3.8) is 0 Å². The molecule has 0 saturated carbocycles. The van der Waals surface area contributed by atoms with E-state index < -0.39 is 0 Å². The van der Waals surface area contributed by atoms with Gasteiger partial charge in [-0.3, -0.25) is 10.3 Å². The zero-order valence-corrected chi connectivity index (χ0v) is 5.18. The van der Waals surface area contributed by atoms with Gasteiger partial charge in [0.1, 0.15) is 0 Å². The smallest absolute Gasteiger partial charge is 0.205 e. The van der Waals surface area contributed by atoms with Crippen LogP contribution in [-0.2, 0) is 0 Å². The summed E-state index contributed by atoms with van der Waals surface area (Å²) in [4.78, 5) is 3.98. The van der Waals surface area contributed by atoms with Crippen molar-refractivity contribution in [2.45, 2.75) is 13.0 Å². The van der Waals surface area contributed by atoms with Crippen molar-refractivity contribution in [1.82, 2.24) is 10.6 Å². The van der Waals surface area contributed by atoms with Gasteiger partial charge in [0.05, 0.1) is 6.54 Å². The first-order valence-corrected chi connectivity index (χ1v) is 2.79. The molecule has 0 bridgehead atoms. The van der Waals surface area contributed by atoms with Crippen molar-refractivity contribution >= 4 is 5.96 Å². The molecule has 9 heavy (non-hydrogen) atoms. The highest BCUT2D eigenvalue weighted by Gasteiger charge is 2.10. The van der Waals surface area contributed by atoms with E-state index >= 15 is 0 Å². The molecule has 4 heteroatoms. The first-order chi connectivity index (χ1) is 4.33. The molecule has 1 heterocycles. The van der Waals surface area contributed by atoms with Crippen molar-refractivity contribution < 1.29 is 0 Å². The summed E-state index contributed by atoms with van der Waals surface area (Å²) in [6, 6.07) is 0.362. The van der Waals surface area contributed by atoms with E-state index in [1.54, 1.807) is 6.19 Å². The molecule has 0 fully saturated rings. The van der Waals surface area contributed by atoms with Crippen LogP contribution in [0.25, 0.3) is 0 Å². The minimum atomic E-state index is 0.362. The van der Waals surface area contributed by atoms with Crippen molar-refractivity contribution in [2.75, 3.05) is 6.54 Å². The quantitative estimate of drug-likeness (QED) is 0.335. The number of guanidine groups is 1. The average Bonchev–Trinajstić information content (AvgIpc) is 2.17. The minimum absolute atomic E-state index is 0.362. The van der Waals surface area contributed by atoms with E-state index in [0.717, 1.165) is 6.54 Å². The van der Waals surface area contributed by atoms with Crippen LogP contribution in [-0.4, -0.2) is 18.5 Å². The first-order valence-electron chi connectivity index (χ1n) is 2.79. The monoisotopic (exact) mass is 124 g/mol. The maximum atomic E-state index is 8.13. The number of nitrogens with one attached hydrogen (secondary N) is 2. The van der Waals surface area contributed by atoms with Crippen molar-refractivity contribution in [1.29, 1.82) is 5.26 Å². The number of hydrogen-bond acceptors (Lipinski definition) is 4. The lowest BCUT2D eigenvalue weighted by atomic mass is 10.4.